The first-order valence-electron chi connectivity index (χ1n) is 11.3. The first kappa shape index (κ1) is 29.9. The van der Waals surface area contributed by atoms with Crippen LogP contribution in [0, 0.1) is 0 Å². The van der Waals surface area contributed by atoms with Crippen molar-refractivity contribution in [2.75, 3.05) is 32.8 Å². The Morgan fingerprint density at radius 1 is 0.719 bits per heavy atom. The minimum Gasteiger partial charge on any atom is -0.450 e. The molecule has 0 unspecified atom stereocenters. The lowest BCUT2D eigenvalue weighted by atomic mass is 10.1. The van der Waals surface area contributed by atoms with Crippen molar-refractivity contribution in [1.29, 1.82) is 0 Å². The molecule has 0 bridgehead atoms. The van der Waals surface area contributed by atoms with Gasteiger partial charge in [-0.25, -0.2) is 9.59 Å². The van der Waals surface area contributed by atoms with Gasteiger partial charge in [0.15, 0.2) is 0 Å². The number of nitrogens with two attached hydrogens (primary N) is 4. The quantitative estimate of drug-likeness (QED) is 0.100. The smallest absolute Gasteiger partial charge is 0.450 e. The van der Waals surface area contributed by atoms with E-state index in [9.17, 15) is 14.4 Å². The van der Waals surface area contributed by atoms with Crippen molar-refractivity contribution in [3.63, 3.8) is 0 Å². The molecule has 11 N–H and O–H groups in total. The number of hydrogen-bond donors (Lipinski definition) is 7. The molecule has 0 aromatic carbocycles. The average Bonchev–Trinajstić information content (AvgIpc) is 2.75. The summed E-state index contributed by atoms with van der Waals surface area (Å²) in [5.41, 5.74) is 22.4. The van der Waals surface area contributed by atoms with Crippen LogP contribution in [0.25, 0.3) is 0 Å². The molecule has 0 rings (SSSR count). The summed E-state index contributed by atoms with van der Waals surface area (Å²) < 4.78 is 9.85. The van der Waals surface area contributed by atoms with Gasteiger partial charge in [0, 0.05) is 0 Å². The van der Waals surface area contributed by atoms with Crippen LogP contribution < -0.4 is 33.6 Å². The summed E-state index contributed by atoms with van der Waals surface area (Å²) in [6, 6.07) is -1.61. The highest BCUT2D eigenvalue weighted by molar-refractivity contribution is 5.81. The zero-order chi connectivity index (χ0) is 24.2. The maximum Gasteiger partial charge on any atom is 0.505 e. The van der Waals surface area contributed by atoms with Crippen molar-refractivity contribution in [3.8, 4) is 0 Å². The Morgan fingerprint density at radius 3 is 1.69 bits per heavy atom. The number of alkyl carbamates (subject to hydrolysis) is 1. The molecule has 0 aromatic heterocycles. The van der Waals surface area contributed by atoms with E-state index >= 15 is 0 Å². The van der Waals surface area contributed by atoms with Gasteiger partial charge in [0.05, 0.1) is 18.1 Å². The maximum absolute atomic E-state index is 12.4. The van der Waals surface area contributed by atoms with E-state index in [-0.39, 0.29) is 19.1 Å². The number of carbonyl (C=O) groups excluding carboxylic acids is 2. The van der Waals surface area contributed by atoms with Crippen LogP contribution in [0.4, 0.5) is 9.59 Å². The minimum absolute atomic E-state index is 0.0486. The molecule has 0 saturated heterocycles. The fourth-order valence-corrected chi connectivity index (χ4v) is 2.97. The fraction of sp³-hybridized carbons (Fsp3) is 0.850. The number of ether oxygens (including phenoxy) is 2. The molecule has 12 nitrogen and oxygen atoms in total. The van der Waals surface area contributed by atoms with E-state index in [4.69, 9.17) is 32.8 Å². The van der Waals surface area contributed by atoms with E-state index in [1.54, 1.807) is 0 Å². The van der Waals surface area contributed by atoms with E-state index in [0.717, 1.165) is 32.1 Å². The van der Waals surface area contributed by atoms with E-state index in [2.05, 4.69) is 15.4 Å². The molecule has 0 spiro atoms. The van der Waals surface area contributed by atoms with Gasteiger partial charge in [-0.05, 0) is 58.2 Å². The molecule has 0 saturated carbocycles. The normalized spacial score (nSPS) is 13.6. The van der Waals surface area contributed by atoms with Gasteiger partial charge in [-0.2, -0.15) is 0 Å². The number of unbranched alkanes of at least 4 members (excludes halogenated alkanes) is 3. The second-order valence-electron chi connectivity index (χ2n) is 7.68. The van der Waals surface area contributed by atoms with Gasteiger partial charge < -0.3 is 48.1 Å². The van der Waals surface area contributed by atoms with Crippen LogP contribution in [0.15, 0.2) is 0 Å². The first-order chi connectivity index (χ1) is 15.3. The topological polar surface area (TPSA) is 218 Å². The van der Waals surface area contributed by atoms with Crippen LogP contribution >= 0.6 is 0 Å². The molecule has 0 aliphatic carbocycles. The number of hydrogen-bond acceptors (Lipinski definition) is 9. The van der Waals surface area contributed by atoms with Crippen LogP contribution in [0.1, 0.15) is 57.8 Å². The number of amides is 2. The van der Waals surface area contributed by atoms with Crippen molar-refractivity contribution in [2.45, 2.75) is 75.9 Å². The van der Waals surface area contributed by atoms with Crippen molar-refractivity contribution in [3.05, 3.63) is 0 Å². The monoisotopic (exact) mass is 462 g/mol. The highest BCUT2D eigenvalue weighted by Gasteiger charge is 2.20. The Labute approximate surface area is 190 Å². The summed E-state index contributed by atoms with van der Waals surface area (Å²) in [7, 11) is 0. The van der Waals surface area contributed by atoms with Gasteiger partial charge >= 0.3 is 12.2 Å². The van der Waals surface area contributed by atoms with Gasteiger partial charge in [0.25, 0.3) is 0 Å². The third kappa shape index (κ3) is 16.5. The van der Waals surface area contributed by atoms with Crippen LogP contribution in [-0.4, -0.2) is 74.2 Å². The summed E-state index contributed by atoms with van der Waals surface area (Å²) in [4.78, 5) is 35.2. The molecule has 32 heavy (non-hydrogen) atoms. The lowest BCUT2D eigenvalue weighted by Gasteiger charge is -2.22. The molecule has 0 aromatic rings. The fourth-order valence-electron chi connectivity index (χ4n) is 2.97. The predicted molar refractivity (Wildman–Crippen MR) is 121 cm³/mol. The molecule has 0 aliphatic rings. The second kappa shape index (κ2) is 19.5. The number of rotatable bonds is 19. The van der Waals surface area contributed by atoms with Gasteiger partial charge in [-0.3, -0.25) is 4.79 Å². The summed E-state index contributed by atoms with van der Waals surface area (Å²) >= 11 is 0. The third-order valence-electron chi connectivity index (χ3n) is 4.81. The second-order valence-corrected chi connectivity index (χ2v) is 7.68. The molecule has 12 heteroatoms. The van der Waals surface area contributed by atoms with Crippen LogP contribution in [0.5, 0.6) is 0 Å². The Hall–Kier alpha value is -2.15. The van der Waals surface area contributed by atoms with Crippen molar-refractivity contribution in [2.24, 2.45) is 22.9 Å². The van der Waals surface area contributed by atoms with E-state index in [1.165, 1.54) is 0 Å². The predicted octanol–water partition coefficient (Wildman–Crippen LogP) is -0.0251. The molecule has 0 heterocycles. The SMILES string of the molecule is NCCCC[C@@H](COC(=O)O)NC(=O)OC[C@@H](CCCCN)NC(=O)[C@H](N)CCCCN. The molecular formula is C20H42N6O6. The van der Waals surface area contributed by atoms with Crippen molar-refractivity contribution >= 4 is 18.2 Å². The third-order valence-corrected chi connectivity index (χ3v) is 4.81. The summed E-state index contributed by atoms with van der Waals surface area (Å²) in [6.45, 7) is 1.32. The van der Waals surface area contributed by atoms with Crippen LogP contribution in [-0.2, 0) is 14.3 Å². The van der Waals surface area contributed by atoms with E-state index in [1.807, 2.05) is 0 Å². The first-order valence-corrected chi connectivity index (χ1v) is 11.3. The van der Waals surface area contributed by atoms with Crippen molar-refractivity contribution < 1.29 is 29.0 Å². The summed E-state index contributed by atoms with van der Waals surface area (Å²) in [6.07, 6.45) is 3.96. The molecular weight excluding hydrogens is 420 g/mol. The van der Waals surface area contributed by atoms with E-state index < -0.39 is 30.4 Å². The molecule has 2 amide bonds. The average molecular weight is 463 g/mol. The Balaban J connectivity index is 4.69. The number of carbonyl (C=O) groups is 3. The van der Waals surface area contributed by atoms with Crippen LogP contribution in [0.3, 0.4) is 0 Å². The molecule has 0 radical (unpaired) electrons. The largest absolute Gasteiger partial charge is 0.505 e. The van der Waals surface area contributed by atoms with Crippen LogP contribution in [0.2, 0.25) is 0 Å². The Bertz CT molecular complexity index is 525. The lowest BCUT2D eigenvalue weighted by Crippen LogP contribution is -2.48. The van der Waals surface area contributed by atoms with Gasteiger partial charge in [-0.1, -0.05) is 19.3 Å². The number of nitrogens with one attached hydrogen (secondary N) is 2. The Morgan fingerprint density at radius 2 is 1.19 bits per heavy atom. The minimum atomic E-state index is -1.42. The van der Waals surface area contributed by atoms with Gasteiger partial charge in [0.2, 0.25) is 5.91 Å². The highest BCUT2D eigenvalue weighted by Crippen LogP contribution is 2.06. The zero-order valence-corrected chi connectivity index (χ0v) is 18.9. The number of carboxylic acid groups (broad SMARTS) is 1. The summed E-state index contributed by atoms with van der Waals surface area (Å²) in [5, 5.41) is 14.1. The zero-order valence-electron chi connectivity index (χ0n) is 18.9. The standard InChI is InChI=1S/C20H42N6O6/c21-10-4-1-7-15(25-18(27)17(24)9-3-6-12-23)13-31-19(28)26-16(8-2-5-11-22)14-32-20(29)30/h15-17H,1-14,21-24H2,(H,25,27)(H,26,28)(H,29,30)/t15-,16+,17-/m1/s1. The molecule has 3 atom stereocenters. The Kier molecular flexibility index (Phi) is 18.2. The highest BCUT2D eigenvalue weighted by atomic mass is 16.7. The molecule has 188 valence electrons. The van der Waals surface area contributed by atoms with Gasteiger partial charge in [-0.15, -0.1) is 0 Å². The molecule has 0 aliphatic heterocycles. The summed E-state index contributed by atoms with van der Waals surface area (Å²) in [5.74, 6) is -0.307. The lowest BCUT2D eigenvalue weighted by molar-refractivity contribution is -0.123. The maximum atomic E-state index is 12.4. The van der Waals surface area contributed by atoms with Crippen molar-refractivity contribution in [1.82, 2.24) is 10.6 Å². The van der Waals surface area contributed by atoms with E-state index in [0.29, 0.717) is 45.3 Å². The molecule has 0 fully saturated rings. The van der Waals surface area contributed by atoms with Gasteiger partial charge in [0.1, 0.15) is 13.2 Å².